The Balaban J connectivity index is 1.32. The van der Waals surface area contributed by atoms with Gasteiger partial charge >= 0.3 is 0 Å². The van der Waals surface area contributed by atoms with Crippen molar-refractivity contribution in [1.82, 2.24) is 20.0 Å². The van der Waals surface area contributed by atoms with Gasteiger partial charge in [-0.25, -0.2) is 4.68 Å². The molecule has 2 aliphatic rings. The summed E-state index contributed by atoms with van der Waals surface area (Å²) in [6.45, 7) is 3.44. The zero-order valence-electron chi connectivity index (χ0n) is 20.3. The van der Waals surface area contributed by atoms with Crippen LogP contribution in [0.4, 0.5) is 0 Å². The van der Waals surface area contributed by atoms with E-state index in [1.54, 1.807) is 13.8 Å². The fourth-order valence-electron chi connectivity index (χ4n) is 5.12. The predicted molar refractivity (Wildman–Crippen MR) is 131 cm³/mol. The van der Waals surface area contributed by atoms with Crippen LogP contribution >= 0.6 is 0 Å². The molecule has 0 bridgehead atoms. The highest BCUT2D eigenvalue weighted by atomic mass is 16.6. The molecule has 2 saturated heterocycles. The molecule has 0 radical (unpaired) electrons. The molecular weight excluding hydrogens is 444 g/mol. The van der Waals surface area contributed by atoms with E-state index >= 15 is 0 Å². The van der Waals surface area contributed by atoms with Crippen molar-refractivity contribution in [1.29, 1.82) is 0 Å². The van der Waals surface area contributed by atoms with Gasteiger partial charge in [-0.15, -0.1) is 5.10 Å². The van der Waals surface area contributed by atoms with Crippen LogP contribution in [-0.2, 0) is 21.5 Å². The van der Waals surface area contributed by atoms with Crippen molar-refractivity contribution in [3.8, 4) is 11.1 Å². The first-order valence-electron chi connectivity index (χ1n) is 12.5. The van der Waals surface area contributed by atoms with E-state index in [-0.39, 0.29) is 37.1 Å². The second-order valence-electron chi connectivity index (χ2n) is 10.2. The van der Waals surface area contributed by atoms with Gasteiger partial charge < -0.3 is 19.7 Å². The monoisotopic (exact) mass is 478 g/mol. The van der Waals surface area contributed by atoms with Crippen LogP contribution < -0.4 is 0 Å². The van der Waals surface area contributed by atoms with Crippen molar-refractivity contribution in [2.45, 2.75) is 82.0 Å². The van der Waals surface area contributed by atoms with Crippen LogP contribution in [-0.4, -0.2) is 61.2 Å². The standard InChI is InChI=1S/C27H34N4O4/c1-27(2,33)26-16-31(30-29-26)22-15-25-24(10-8-21(17-32)34-25)35-23(22)9-5-18-3-6-19(7-4-18)20-11-13-28-14-12-20/h3-4,6-7,11-14,16,21-25,32-33H,5,8-10,15,17H2,1-2H3/t21-,22-,23-,24+,25+/m1/s1. The average Bonchev–Trinajstić information content (AvgIpc) is 3.38. The van der Waals surface area contributed by atoms with E-state index in [0.29, 0.717) is 5.69 Å². The normalized spacial score (nSPS) is 26.9. The van der Waals surface area contributed by atoms with Crippen molar-refractivity contribution < 1.29 is 19.7 Å². The maximum absolute atomic E-state index is 10.4. The highest BCUT2D eigenvalue weighted by Crippen LogP contribution is 2.38. The van der Waals surface area contributed by atoms with Crippen LogP contribution in [0.2, 0.25) is 0 Å². The van der Waals surface area contributed by atoms with Crippen molar-refractivity contribution in [2.75, 3.05) is 6.61 Å². The molecule has 2 N–H and O–H groups in total. The fraction of sp³-hybridized carbons (Fsp3) is 0.519. The molecule has 1 aromatic carbocycles. The van der Waals surface area contributed by atoms with Crippen molar-refractivity contribution in [2.24, 2.45) is 0 Å². The molecule has 2 fully saturated rings. The Bertz CT molecular complexity index is 1100. The SMILES string of the molecule is CC(C)(O)c1cn([C@@H]2C[C@@H]3O[C@@H](CO)CC[C@@H]3O[C@@H]2CCc2ccc(-c3ccncc3)cc2)nn1. The molecule has 0 aliphatic carbocycles. The minimum Gasteiger partial charge on any atom is -0.394 e. The second-order valence-corrected chi connectivity index (χ2v) is 10.2. The number of fused-ring (bicyclic) bond motifs is 1. The Morgan fingerprint density at radius 1 is 1.00 bits per heavy atom. The van der Waals surface area contributed by atoms with Crippen LogP contribution in [0.15, 0.2) is 55.0 Å². The molecule has 3 aromatic rings. The molecule has 2 aromatic heterocycles. The molecule has 0 saturated carbocycles. The topological polar surface area (TPSA) is 103 Å². The van der Waals surface area contributed by atoms with Gasteiger partial charge in [0.15, 0.2) is 0 Å². The Hall–Kier alpha value is -2.65. The summed E-state index contributed by atoms with van der Waals surface area (Å²) in [4.78, 5) is 4.09. The number of pyridine rings is 1. The maximum Gasteiger partial charge on any atom is 0.114 e. The molecule has 8 nitrogen and oxygen atoms in total. The van der Waals surface area contributed by atoms with E-state index < -0.39 is 5.60 Å². The molecule has 35 heavy (non-hydrogen) atoms. The lowest BCUT2D eigenvalue weighted by atomic mass is 9.88. The van der Waals surface area contributed by atoms with Crippen LogP contribution in [0.1, 0.15) is 56.8 Å². The van der Waals surface area contributed by atoms with Crippen molar-refractivity contribution in [3.05, 3.63) is 66.2 Å². The summed E-state index contributed by atoms with van der Waals surface area (Å²) in [5, 5.41) is 28.5. The number of benzene rings is 1. The molecule has 2 aliphatic heterocycles. The predicted octanol–water partition coefficient (Wildman–Crippen LogP) is 3.44. The molecule has 186 valence electrons. The summed E-state index contributed by atoms with van der Waals surface area (Å²) in [5.74, 6) is 0. The summed E-state index contributed by atoms with van der Waals surface area (Å²) < 4.78 is 14.6. The summed E-state index contributed by atoms with van der Waals surface area (Å²) >= 11 is 0. The molecule has 4 heterocycles. The third kappa shape index (κ3) is 5.46. The average molecular weight is 479 g/mol. The Labute approximate surface area is 205 Å². The number of hydrogen-bond acceptors (Lipinski definition) is 7. The smallest absolute Gasteiger partial charge is 0.114 e. The van der Waals surface area contributed by atoms with Gasteiger partial charge in [0, 0.05) is 18.8 Å². The Kier molecular flexibility index (Phi) is 6.98. The van der Waals surface area contributed by atoms with Gasteiger partial charge in [0.2, 0.25) is 0 Å². The summed E-state index contributed by atoms with van der Waals surface area (Å²) in [6.07, 6.45) is 9.31. The lowest BCUT2D eigenvalue weighted by Gasteiger charge is -2.45. The summed E-state index contributed by atoms with van der Waals surface area (Å²) in [5.41, 5.74) is 3.04. The summed E-state index contributed by atoms with van der Waals surface area (Å²) in [7, 11) is 0. The summed E-state index contributed by atoms with van der Waals surface area (Å²) in [6, 6.07) is 12.6. The Morgan fingerprint density at radius 2 is 1.74 bits per heavy atom. The highest BCUT2D eigenvalue weighted by Gasteiger charge is 2.43. The van der Waals surface area contributed by atoms with Crippen LogP contribution in [0.5, 0.6) is 0 Å². The van der Waals surface area contributed by atoms with E-state index in [0.717, 1.165) is 37.7 Å². The largest absolute Gasteiger partial charge is 0.394 e. The van der Waals surface area contributed by atoms with Crippen LogP contribution in [0.3, 0.4) is 0 Å². The number of aryl methyl sites for hydroxylation is 1. The van der Waals surface area contributed by atoms with E-state index in [1.165, 1.54) is 11.1 Å². The maximum atomic E-state index is 10.4. The quantitative estimate of drug-likeness (QED) is 0.536. The Morgan fingerprint density at radius 3 is 2.43 bits per heavy atom. The fourth-order valence-corrected chi connectivity index (χ4v) is 5.12. The number of nitrogens with zero attached hydrogens (tertiary/aromatic N) is 4. The number of rotatable bonds is 7. The van der Waals surface area contributed by atoms with Gasteiger partial charge in [0.1, 0.15) is 11.3 Å². The van der Waals surface area contributed by atoms with Gasteiger partial charge in [0.25, 0.3) is 0 Å². The molecule has 0 unspecified atom stereocenters. The van der Waals surface area contributed by atoms with Gasteiger partial charge in [-0.3, -0.25) is 4.98 Å². The van der Waals surface area contributed by atoms with E-state index in [1.807, 2.05) is 35.4 Å². The van der Waals surface area contributed by atoms with Gasteiger partial charge in [-0.1, -0.05) is 29.5 Å². The lowest BCUT2D eigenvalue weighted by molar-refractivity contribution is -0.209. The van der Waals surface area contributed by atoms with Crippen molar-refractivity contribution >= 4 is 0 Å². The zero-order chi connectivity index (χ0) is 24.4. The molecular formula is C27H34N4O4. The third-order valence-electron chi connectivity index (χ3n) is 7.17. The van der Waals surface area contributed by atoms with E-state index in [4.69, 9.17) is 9.47 Å². The number of hydrogen-bond donors (Lipinski definition) is 2. The minimum absolute atomic E-state index is 0.0189. The van der Waals surface area contributed by atoms with Gasteiger partial charge in [-0.05, 0) is 68.4 Å². The number of ether oxygens (including phenoxy) is 2. The van der Waals surface area contributed by atoms with Crippen LogP contribution in [0, 0.1) is 0 Å². The molecule has 0 spiro atoms. The lowest BCUT2D eigenvalue weighted by Crippen LogP contribution is -2.51. The van der Waals surface area contributed by atoms with Gasteiger partial charge in [0.05, 0.1) is 43.3 Å². The number of aromatic nitrogens is 4. The van der Waals surface area contributed by atoms with Gasteiger partial charge in [-0.2, -0.15) is 0 Å². The van der Waals surface area contributed by atoms with E-state index in [9.17, 15) is 10.2 Å². The number of aliphatic hydroxyl groups is 2. The zero-order valence-corrected chi connectivity index (χ0v) is 20.3. The first-order chi connectivity index (χ1) is 16.9. The van der Waals surface area contributed by atoms with Crippen molar-refractivity contribution in [3.63, 3.8) is 0 Å². The third-order valence-corrected chi connectivity index (χ3v) is 7.17. The molecule has 5 atom stereocenters. The molecule has 8 heteroatoms. The first kappa shape index (κ1) is 24.1. The molecule has 0 amide bonds. The second kappa shape index (κ2) is 10.1. The van der Waals surface area contributed by atoms with Crippen LogP contribution in [0.25, 0.3) is 11.1 Å². The minimum atomic E-state index is -1.06. The molecule has 5 rings (SSSR count). The first-order valence-corrected chi connectivity index (χ1v) is 12.5. The number of aliphatic hydroxyl groups excluding tert-OH is 1. The van der Waals surface area contributed by atoms with E-state index in [2.05, 4.69) is 39.6 Å². The highest BCUT2D eigenvalue weighted by molar-refractivity contribution is 5.62.